The van der Waals surface area contributed by atoms with E-state index in [0.717, 1.165) is 36.4 Å². The Kier molecular flexibility index (Phi) is 5.07. The van der Waals surface area contributed by atoms with Crippen LogP contribution in [0.4, 0.5) is 0 Å². The van der Waals surface area contributed by atoms with E-state index in [0.29, 0.717) is 12.8 Å². The predicted molar refractivity (Wildman–Crippen MR) is 92.6 cm³/mol. The third-order valence-electron chi connectivity index (χ3n) is 5.17. The topological polar surface area (TPSA) is 51.3 Å². The van der Waals surface area contributed by atoms with Crippen LogP contribution < -0.4 is 0 Å². The summed E-state index contributed by atoms with van der Waals surface area (Å²) in [5, 5.41) is 3.99. The molecule has 1 amide bonds. The van der Waals surface area contributed by atoms with E-state index < -0.39 is 0 Å². The van der Waals surface area contributed by atoms with Crippen molar-refractivity contribution in [2.24, 2.45) is 7.05 Å². The Hall–Kier alpha value is -2.04. The van der Waals surface area contributed by atoms with Crippen molar-refractivity contribution in [2.75, 3.05) is 6.54 Å². The number of hydrogen-bond acceptors (Lipinski definition) is 3. The Morgan fingerprint density at radius 2 is 2.17 bits per heavy atom. The maximum absolute atomic E-state index is 13.0. The molecule has 3 rings (SSSR count). The SMILES string of the molecule is Cc1noc(C)c1CCC(=O)N1CCCCCC1c1cccn1C. The lowest BCUT2D eigenvalue weighted by Crippen LogP contribution is -2.35. The second-order valence-electron chi connectivity index (χ2n) is 6.80. The fraction of sp³-hybridized carbons (Fsp3) is 0.579. The summed E-state index contributed by atoms with van der Waals surface area (Å²) in [6, 6.07) is 4.40. The molecule has 5 nitrogen and oxygen atoms in total. The van der Waals surface area contributed by atoms with Crippen molar-refractivity contribution in [1.29, 1.82) is 0 Å². The highest BCUT2D eigenvalue weighted by Gasteiger charge is 2.28. The molecule has 1 saturated heterocycles. The Morgan fingerprint density at radius 1 is 1.33 bits per heavy atom. The smallest absolute Gasteiger partial charge is 0.223 e. The third kappa shape index (κ3) is 3.40. The molecule has 0 spiro atoms. The van der Waals surface area contributed by atoms with Gasteiger partial charge in [0, 0.05) is 37.5 Å². The molecule has 0 radical (unpaired) electrons. The largest absolute Gasteiger partial charge is 0.361 e. The summed E-state index contributed by atoms with van der Waals surface area (Å²) < 4.78 is 7.35. The second kappa shape index (κ2) is 7.24. The van der Waals surface area contributed by atoms with Crippen LogP contribution in [0.5, 0.6) is 0 Å². The zero-order valence-corrected chi connectivity index (χ0v) is 14.9. The maximum Gasteiger partial charge on any atom is 0.223 e. The average Bonchev–Trinajstić information content (AvgIpc) is 3.02. The van der Waals surface area contributed by atoms with Gasteiger partial charge < -0.3 is 14.0 Å². The van der Waals surface area contributed by atoms with E-state index >= 15 is 0 Å². The fourth-order valence-corrected chi connectivity index (χ4v) is 3.77. The van der Waals surface area contributed by atoms with Crippen LogP contribution in [0.25, 0.3) is 0 Å². The van der Waals surface area contributed by atoms with Gasteiger partial charge in [0.05, 0.1) is 11.7 Å². The molecule has 0 bridgehead atoms. The lowest BCUT2D eigenvalue weighted by atomic mass is 10.0. The minimum Gasteiger partial charge on any atom is -0.361 e. The third-order valence-corrected chi connectivity index (χ3v) is 5.17. The number of likely N-dealkylation sites (tertiary alicyclic amines) is 1. The summed E-state index contributed by atoms with van der Waals surface area (Å²) >= 11 is 0. The summed E-state index contributed by atoms with van der Waals surface area (Å²) in [7, 11) is 2.06. The van der Waals surface area contributed by atoms with Gasteiger partial charge in [0.2, 0.25) is 5.91 Å². The first-order valence-electron chi connectivity index (χ1n) is 8.90. The molecular weight excluding hydrogens is 302 g/mol. The highest BCUT2D eigenvalue weighted by atomic mass is 16.5. The predicted octanol–water partition coefficient (Wildman–Crippen LogP) is 3.71. The highest BCUT2D eigenvalue weighted by Crippen LogP contribution is 2.31. The van der Waals surface area contributed by atoms with Crippen molar-refractivity contribution in [3.63, 3.8) is 0 Å². The molecule has 1 aliphatic heterocycles. The Bertz CT molecular complexity index is 682. The quantitative estimate of drug-likeness (QED) is 0.859. The minimum absolute atomic E-state index is 0.199. The van der Waals surface area contributed by atoms with Gasteiger partial charge in [-0.2, -0.15) is 0 Å². The summed E-state index contributed by atoms with van der Waals surface area (Å²) in [4.78, 5) is 15.0. The Labute approximate surface area is 143 Å². The van der Waals surface area contributed by atoms with E-state index in [1.54, 1.807) is 0 Å². The minimum atomic E-state index is 0.199. The molecule has 5 heteroatoms. The van der Waals surface area contributed by atoms with Crippen LogP contribution in [-0.2, 0) is 18.3 Å². The first kappa shape index (κ1) is 16.8. The van der Waals surface area contributed by atoms with Gasteiger partial charge in [-0.15, -0.1) is 0 Å². The number of carbonyl (C=O) groups excluding carboxylic acids is 1. The molecule has 1 fully saturated rings. The van der Waals surface area contributed by atoms with Gasteiger partial charge in [-0.25, -0.2) is 0 Å². The Balaban J connectivity index is 1.74. The van der Waals surface area contributed by atoms with Crippen LogP contribution in [0.15, 0.2) is 22.9 Å². The molecule has 0 aromatic carbocycles. The molecule has 24 heavy (non-hydrogen) atoms. The second-order valence-corrected chi connectivity index (χ2v) is 6.80. The summed E-state index contributed by atoms with van der Waals surface area (Å²) in [6.45, 7) is 4.71. The lowest BCUT2D eigenvalue weighted by molar-refractivity contribution is -0.133. The van der Waals surface area contributed by atoms with E-state index in [1.165, 1.54) is 18.5 Å². The molecular formula is C19H27N3O2. The molecule has 1 aliphatic rings. The van der Waals surface area contributed by atoms with Gasteiger partial charge in [0.1, 0.15) is 5.76 Å². The van der Waals surface area contributed by atoms with Crippen LogP contribution in [0, 0.1) is 13.8 Å². The van der Waals surface area contributed by atoms with Crippen molar-refractivity contribution in [3.05, 3.63) is 41.0 Å². The van der Waals surface area contributed by atoms with Crippen molar-refractivity contribution < 1.29 is 9.32 Å². The summed E-state index contributed by atoms with van der Waals surface area (Å²) in [5.74, 6) is 1.07. The van der Waals surface area contributed by atoms with Crippen molar-refractivity contribution in [2.45, 2.75) is 58.4 Å². The lowest BCUT2D eigenvalue weighted by Gasteiger charge is -2.30. The molecule has 2 aromatic rings. The number of hydrogen-bond donors (Lipinski definition) is 0. The van der Waals surface area contributed by atoms with Crippen molar-refractivity contribution >= 4 is 5.91 Å². The number of aromatic nitrogens is 2. The fourth-order valence-electron chi connectivity index (χ4n) is 3.77. The molecule has 1 unspecified atom stereocenters. The van der Waals surface area contributed by atoms with Gasteiger partial charge >= 0.3 is 0 Å². The normalized spacial score (nSPS) is 18.6. The van der Waals surface area contributed by atoms with E-state index in [9.17, 15) is 4.79 Å². The van der Waals surface area contributed by atoms with Gasteiger partial charge in [0.15, 0.2) is 0 Å². The van der Waals surface area contributed by atoms with Crippen LogP contribution in [0.1, 0.15) is 60.9 Å². The van der Waals surface area contributed by atoms with E-state index in [1.807, 2.05) is 13.8 Å². The van der Waals surface area contributed by atoms with Gasteiger partial charge in [-0.3, -0.25) is 4.79 Å². The van der Waals surface area contributed by atoms with E-state index in [-0.39, 0.29) is 11.9 Å². The average molecular weight is 329 g/mol. The molecule has 130 valence electrons. The van der Waals surface area contributed by atoms with Crippen molar-refractivity contribution in [1.82, 2.24) is 14.6 Å². The number of aryl methyl sites for hydroxylation is 3. The molecule has 2 aromatic heterocycles. The van der Waals surface area contributed by atoms with Crippen LogP contribution in [0.3, 0.4) is 0 Å². The maximum atomic E-state index is 13.0. The van der Waals surface area contributed by atoms with Crippen molar-refractivity contribution in [3.8, 4) is 0 Å². The van der Waals surface area contributed by atoms with E-state index in [2.05, 4.69) is 40.0 Å². The van der Waals surface area contributed by atoms with Crippen LogP contribution in [-0.4, -0.2) is 27.1 Å². The van der Waals surface area contributed by atoms with Crippen LogP contribution in [0.2, 0.25) is 0 Å². The van der Waals surface area contributed by atoms with Gasteiger partial charge in [0.25, 0.3) is 0 Å². The number of nitrogens with zero attached hydrogens (tertiary/aromatic N) is 3. The Morgan fingerprint density at radius 3 is 2.83 bits per heavy atom. The molecule has 0 saturated carbocycles. The molecule has 0 aliphatic carbocycles. The zero-order chi connectivity index (χ0) is 17.1. The first-order valence-corrected chi connectivity index (χ1v) is 8.90. The molecule has 0 N–H and O–H groups in total. The first-order chi connectivity index (χ1) is 11.6. The summed E-state index contributed by atoms with van der Waals surface area (Å²) in [6.07, 6.45) is 7.82. The van der Waals surface area contributed by atoms with Crippen LogP contribution >= 0.6 is 0 Å². The monoisotopic (exact) mass is 329 g/mol. The zero-order valence-electron chi connectivity index (χ0n) is 14.9. The molecule has 1 atom stereocenters. The summed E-state index contributed by atoms with van der Waals surface area (Å²) in [5.41, 5.74) is 3.21. The van der Waals surface area contributed by atoms with E-state index in [4.69, 9.17) is 4.52 Å². The number of carbonyl (C=O) groups is 1. The highest BCUT2D eigenvalue weighted by molar-refractivity contribution is 5.77. The van der Waals surface area contributed by atoms with Gasteiger partial charge in [-0.05, 0) is 45.2 Å². The number of amides is 1. The van der Waals surface area contributed by atoms with Gasteiger partial charge in [-0.1, -0.05) is 18.0 Å². The standard InChI is InChI=1S/C19H27N3O2/c1-14-16(15(2)24-20-14)10-11-19(23)22-13-6-4-5-8-18(22)17-9-7-12-21(17)3/h7,9,12,18H,4-6,8,10-11,13H2,1-3H3. The molecule has 3 heterocycles. The number of rotatable bonds is 4.